The zero-order chi connectivity index (χ0) is 17.5. The van der Waals surface area contributed by atoms with E-state index in [0.717, 1.165) is 45.2 Å². The Hall–Kier alpha value is -0.810. The summed E-state index contributed by atoms with van der Waals surface area (Å²) in [5, 5.41) is 13.6. The summed E-state index contributed by atoms with van der Waals surface area (Å²) in [6.07, 6.45) is 4.62. The number of ether oxygens (including phenoxy) is 1. The normalized spacial score (nSPS) is 20.7. The van der Waals surface area contributed by atoms with Crippen molar-refractivity contribution in [2.45, 2.75) is 84.5 Å². The Morgan fingerprint density at radius 1 is 1.30 bits per heavy atom. The highest BCUT2D eigenvalue weighted by Gasteiger charge is 2.30. The van der Waals surface area contributed by atoms with E-state index in [1.54, 1.807) is 0 Å². The fourth-order valence-electron chi connectivity index (χ4n) is 3.17. The second-order valence-electron chi connectivity index (χ2n) is 7.63. The van der Waals surface area contributed by atoms with Gasteiger partial charge in [-0.05, 0) is 46.0 Å². The number of nitrogens with one attached hydrogen (secondary N) is 1. The summed E-state index contributed by atoms with van der Waals surface area (Å²) in [6, 6.07) is 0.160. The number of aliphatic hydroxyl groups excluding tert-OH is 1. The summed E-state index contributed by atoms with van der Waals surface area (Å²) in [4.78, 5) is 14.2. The zero-order valence-corrected chi connectivity index (χ0v) is 15.6. The molecule has 23 heavy (non-hydrogen) atoms. The standard InChI is InChI=1S/C18H36N2O3/c1-6-14(7-2)16(21)13-19-12-15-10-8-9-11-20(15)17(22)23-18(3,4)5/h14-16,19,21H,6-13H2,1-5H3. The molecule has 0 radical (unpaired) electrons. The third-order valence-corrected chi connectivity index (χ3v) is 4.58. The van der Waals surface area contributed by atoms with E-state index in [9.17, 15) is 9.90 Å². The molecular formula is C18H36N2O3. The average Bonchev–Trinajstić information content (AvgIpc) is 2.47. The maximum absolute atomic E-state index is 12.3. The van der Waals surface area contributed by atoms with Gasteiger partial charge in [0.1, 0.15) is 5.60 Å². The van der Waals surface area contributed by atoms with E-state index in [1.807, 2.05) is 25.7 Å². The van der Waals surface area contributed by atoms with Crippen LogP contribution in [0.15, 0.2) is 0 Å². The van der Waals surface area contributed by atoms with Crippen LogP contribution in [0.1, 0.15) is 66.7 Å². The van der Waals surface area contributed by atoms with Crippen molar-refractivity contribution in [3.63, 3.8) is 0 Å². The van der Waals surface area contributed by atoms with Crippen LogP contribution >= 0.6 is 0 Å². The SMILES string of the molecule is CCC(CC)C(O)CNCC1CCCCN1C(=O)OC(C)(C)C. The monoisotopic (exact) mass is 328 g/mol. The lowest BCUT2D eigenvalue weighted by Gasteiger charge is -2.37. The first-order valence-corrected chi connectivity index (χ1v) is 9.16. The lowest BCUT2D eigenvalue weighted by atomic mass is 9.96. The molecule has 5 nitrogen and oxygen atoms in total. The number of nitrogens with zero attached hydrogens (tertiary/aromatic N) is 1. The first-order chi connectivity index (χ1) is 10.8. The van der Waals surface area contributed by atoms with Crippen molar-refractivity contribution in [2.24, 2.45) is 5.92 Å². The summed E-state index contributed by atoms with van der Waals surface area (Å²) < 4.78 is 5.52. The average molecular weight is 328 g/mol. The van der Waals surface area contributed by atoms with Crippen LogP contribution in [0.25, 0.3) is 0 Å². The number of hydrogen-bond acceptors (Lipinski definition) is 4. The van der Waals surface area contributed by atoms with Crippen molar-refractivity contribution in [1.29, 1.82) is 0 Å². The molecule has 1 aliphatic heterocycles. The quantitative estimate of drug-likeness (QED) is 0.753. The largest absolute Gasteiger partial charge is 0.444 e. The third-order valence-electron chi connectivity index (χ3n) is 4.58. The van der Waals surface area contributed by atoms with Gasteiger partial charge < -0.3 is 20.1 Å². The van der Waals surface area contributed by atoms with Crippen LogP contribution in [-0.4, -0.2) is 53.5 Å². The number of rotatable bonds is 7. The molecule has 0 saturated carbocycles. The van der Waals surface area contributed by atoms with Gasteiger partial charge in [0.05, 0.1) is 6.10 Å². The van der Waals surface area contributed by atoms with Gasteiger partial charge in [0, 0.05) is 25.7 Å². The van der Waals surface area contributed by atoms with E-state index in [4.69, 9.17) is 4.74 Å². The Kier molecular flexibility index (Phi) is 8.34. The Balaban J connectivity index is 2.47. The molecule has 2 atom stereocenters. The van der Waals surface area contributed by atoms with Gasteiger partial charge in [0.2, 0.25) is 0 Å². The molecule has 2 unspecified atom stereocenters. The predicted octanol–water partition coefficient (Wildman–Crippen LogP) is 3.16. The fraction of sp³-hybridized carbons (Fsp3) is 0.944. The van der Waals surface area contributed by atoms with Gasteiger partial charge in [-0.1, -0.05) is 26.7 Å². The van der Waals surface area contributed by atoms with Crippen LogP contribution < -0.4 is 5.32 Å². The highest BCUT2D eigenvalue weighted by Crippen LogP contribution is 2.20. The summed E-state index contributed by atoms with van der Waals surface area (Å²) in [6.45, 7) is 12.0. The lowest BCUT2D eigenvalue weighted by molar-refractivity contribution is 0.00942. The van der Waals surface area contributed by atoms with Crippen molar-refractivity contribution in [2.75, 3.05) is 19.6 Å². The van der Waals surface area contributed by atoms with E-state index in [2.05, 4.69) is 19.2 Å². The Bertz CT molecular complexity index is 351. The molecule has 0 aliphatic carbocycles. The third kappa shape index (κ3) is 7.08. The maximum atomic E-state index is 12.3. The van der Waals surface area contributed by atoms with Gasteiger partial charge in [0.15, 0.2) is 0 Å². The zero-order valence-electron chi connectivity index (χ0n) is 15.6. The molecule has 1 rings (SSSR count). The molecule has 2 N–H and O–H groups in total. The minimum absolute atomic E-state index is 0.160. The van der Waals surface area contributed by atoms with Crippen molar-refractivity contribution in [3.05, 3.63) is 0 Å². The second kappa shape index (κ2) is 9.48. The Labute approximate surface area is 141 Å². The molecule has 1 heterocycles. The Morgan fingerprint density at radius 2 is 1.96 bits per heavy atom. The topological polar surface area (TPSA) is 61.8 Å². The van der Waals surface area contributed by atoms with Crippen LogP contribution in [0.4, 0.5) is 4.79 Å². The van der Waals surface area contributed by atoms with E-state index in [-0.39, 0.29) is 18.2 Å². The van der Waals surface area contributed by atoms with Crippen LogP contribution in [0.5, 0.6) is 0 Å². The van der Waals surface area contributed by atoms with Gasteiger partial charge in [-0.15, -0.1) is 0 Å². The number of amides is 1. The van der Waals surface area contributed by atoms with Gasteiger partial charge in [-0.25, -0.2) is 4.79 Å². The minimum atomic E-state index is -0.460. The van der Waals surface area contributed by atoms with Gasteiger partial charge in [-0.3, -0.25) is 0 Å². The first-order valence-electron chi connectivity index (χ1n) is 9.16. The number of hydrogen-bond donors (Lipinski definition) is 2. The van der Waals surface area contributed by atoms with Crippen LogP contribution in [0.2, 0.25) is 0 Å². The van der Waals surface area contributed by atoms with Gasteiger partial charge in [0.25, 0.3) is 0 Å². The van der Waals surface area contributed by atoms with Crippen molar-refractivity contribution >= 4 is 6.09 Å². The predicted molar refractivity (Wildman–Crippen MR) is 93.5 cm³/mol. The molecule has 136 valence electrons. The van der Waals surface area contributed by atoms with Crippen LogP contribution in [-0.2, 0) is 4.74 Å². The van der Waals surface area contributed by atoms with Crippen LogP contribution in [0, 0.1) is 5.92 Å². The van der Waals surface area contributed by atoms with Crippen LogP contribution in [0.3, 0.4) is 0 Å². The molecule has 1 saturated heterocycles. The number of piperidine rings is 1. The van der Waals surface area contributed by atoms with Crippen molar-refractivity contribution in [3.8, 4) is 0 Å². The number of aliphatic hydroxyl groups is 1. The molecule has 1 amide bonds. The molecular weight excluding hydrogens is 292 g/mol. The summed E-state index contributed by atoms with van der Waals surface area (Å²) >= 11 is 0. The first kappa shape index (κ1) is 20.2. The van der Waals surface area contributed by atoms with Crippen molar-refractivity contribution < 1.29 is 14.6 Å². The summed E-state index contributed by atoms with van der Waals surface area (Å²) in [5.74, 6) is 0.343. The van der Waals surface area contributed by atoms with Crippen molar-refractivity contribution in [1.82, 2.24) is 10.2 Å². The second-order valence-corrected chi connectivity index (χ2v) is 7.63. The molecule has 1 fully saturated rings. The van der Waals surface area contributed by atoms with E-state index in [0.29, 0.717) is 12.5 Å². The Morgan fingerprint density at radius 3 is 2.52 bits per heavy atom. The molecule has 0 aromatic rings. The van der Waals surface area contributed by atoms with Gasteiger partial charge in [-0.2, -0.15) is 0 Å². The molecule has 0 aromatic carbocycles. The van der Waals surface area contributed by atoms with Gasteiger partial charge >= 0.3 is 6.09 Å². The number of carbonyl (C=O) groups is 1. The summed E-state index contributed by atoms with van der Waals surface area (Å²) in [5.41, 5.74) is -0.460. The lowest BCUT2D eigenvalue weighted by Crippen LogP contribution is -2.51. The highest BCUT2D eigenvalue weighted by molar-refractivity contribution is 5.68. The molecule has 1 aliphatic rings. The molecule has 0 bridgehead atoms. The fourth-order valence-corrected chi connectivity index (χ4v) is 3.17. The highest BCUT2D eigenvalue weighted by atomic mass is 16.6. The summed E-state index contributed by atoms with van der Waals surface area (Å²) in [7, 11) is 0. The molecule has 5 heteroatoms. The maximum Gasteiger partial charge on any atom is 0.410 e. The van der Waals surface area contributed by atoms with E-state index >= 15 is 0 Å². The number of likely N-dealkylation sites (tertiary alicyclic amines) is 1. The van der Waals surface area contributed by atoms with E-state index in [1.165, 1.54) is 0 Å². The smallest absolute Gasteiger partial charge is 0.410 e. The van der Waals surface area contributed by atoms with E-state index < -0.39 is 5.60 Å². The minimum Gasteiger partial charge on any atom is -0.444 e. The number of carbonyl (C=O) groups excluding carboxylic acids is 1. The molecule has 0 spiro atoms. The molecule has 0 aromatic heterocycles.